The van der Waals surface area contributed by atoms with Crippen LogP contribution in [0.2, 0.25) is 0 Å². The summed E-state index contributed by atoms with van der Waals surface area (Å²) in [4.78, 5) is 25.9. The Hall–Kier alpha value is -2.89. The van der Waals surface area contributed by atoms with Crippen molar-refractivity contribution in [3.05, 3.63) is 58.6 Å². The molecule has 0 aliphatic rings. The maximum atomic E-state index is 12.0. The lowest BCUT2D eigenvalue weighted by atomic mass is 10.2. The van der Waals surface area contributed by atoms with Crippen molar-refractivity contribution < 1.29 is 4.79 Å². The number of H-pyrrole nitrogens is 1. The maximum Gasteiger partial charge on any atom is 0.248 e. The van der Waals surface area contributed by atoms with Gasteiger partial charge in [0.25, 0.3) is 0 Å². The third-order valence-corrected chi connectivity index (χ3v) is 3.13. The lowest BCUT2D eigenvalue weighted by Gasteiger charge is -2.05. The minimum atomic E-state index is -0.143. The van der Waals surface area contributed by atoms with Gasteiger partial charge in [0, 0.05) is 35.9 Å². The lowest BCUT2D eigenvalue weighted by molar-refractivity contribution is -0.115. The van der Waals surface area contributed by atoms with Gasteiger partial charge in [-0.1, -0.05) is 0 Å². The molecule has 1 amide bonds. The van der Waals surface area contributed by atoms with Crippen LogP contribution in [0, 0.1) is 0 Å². The number of carbonyl (C=O) groups is 1. The first kappa shape index (κ1) is 13.1. The van der Waals surface area contributed by atoms with E-state index >= 15 is 0 Å². The van der Waals surface area contributed by atoms with Gasteiger partial charge in [0.2, 0.25) is 11.5 Å². The van der Waals surface area contributed by atoms with Crippen molar-refractivity contribution in [1.29, 1.82) is 0 Å². The number of hydrogen-bond donors (Lipinski definition) is 2. The van der Waals surface area contributed by atoms with Crippen LogP contribution in [0.15, 0.2) is 47.5 Å². The summed E-state index contributed by atoms with van der Waals surface area (Å²) >= 11 is 0. The topological polar surface area (TPSA) is 79.8 Å². The molecule has 0 bridgehead atoms. The van der Waals surface area contributed by atoms with Crippen LogP contribution in [-0.4, -0.2) is 20.7 Å². The molecule has 3 aromatic rings. The summed E-state index contributed by atoms with van der Waals surface area (Å²) < 4.78 is 1.66. The second kappa shape index (κ2) is 5.24. The van der Waals surface area contributed by atoms with E-state index in [9.17, 15) is 9.59 Å². The monoisotopic (exact) mass is 282 g/mol. The van der Waals surface area contributed by atoms with Crippen molar-refractivity contribution in [3.63, 3.8) is 0 Å². The molecule has 0 unspecified atom stereocenters. The number of aryl methyl sites for hydroxylation is 1. The van der Waals surface area contributed by atoms with Gasteiger partial charge in [-0.3, -0.25) is 14.3 Å². The highest BCUT2D eigenvalue weighted by Gasteiger charge is 2.06. The average Bonchev–Trinajstić information content (AvgIpc) is 2.84. The Balaban J connectivity index is 1.76. The van der Waals surface area contributed by atoms with Crippen molar-refractivity contribution in [2.45, 2.75) is 6.42 Å². The Morgan fingerprint density at radius 2 is 2.19 bits per heavy atom. The van der Waals surface area contributed by atoms with Crippen LogP contribution in [0.1, 0.15) is 5.56 Å². The van der Waals surface area contributed by atoms with Crippen LogP contribution in [0.3, 0.4) is 0 Å². The van der Waals surface area contributed by atoms with Gasteiger partial charge in [-0.15, -0.1) is 0 Å². The summed E-state index contributed by atoms with van der Waals surface area (Å²) in [6.07, 6.45) is 3.76. The van der Waals surface area contributed by atoms with Gasteiger partial charge in [0.15, 0.2) is 0 Å². The molecular weight excluding hydrogens is 268 g/mol. The van der Waals surface area contributed by atoms with E-state index in [1.165, 1.54) is 6.07 Å². The van der Waals surface area contributed by atoms with Crippen molar-refractivity contribution in [2.75, 3.05) is 5.32 Å². The molecule has 6 heteroatoms. The van der Waals surface area contributed by atoms with Gasteiger partial charge >= 0.3 is 0 Å². The zero-order chi connectivity index (χ0) is 14.8. The Morgan fingerprint density at radius 1 is 1.33 bits per heavy atom. The fourth-order valence-electron chi connectivity index (χ4n) is 2.19. The molecule has 0 spiro atoms. The number of amides is 1. The van der Waals surface area contributed by atoms with Gasteiger partial charge in [0.05, 0.1) is 12.6 Å². The van der Waals surface area contributed by atoms with E-state index in [-0.39, 0.29) is 17.9 Å². The first-order valence-electron chi connectivity index (χ1n) is 6.51. The normalized spacial score (nSPS) is 10.7. The minimum Gasteiger partial charge on any atom is -0.326 e. The van der Waals surface area contributed by atoms with Crippen molar-refractivity contribution in [1.82, 2.24) is 14.8 Å². The van der Waals surface area contributed by atoms with Gasteiger partial charge < -0.3 is 10.3 Å². The fraction of sp³-hybridized carbons (Fsp3) is 0.133. The summed E-state index contributed by atoms with van der Waals surface area (Å²) in [5, 5.41) is 7.74. The summed E-state index contributed by atoms with van der Waals surface area (Å²) in [6.45, 7) is 0. The van der Waals surface area contributed by atoms with E-state index in [1.54, 1.807) is 29.1 Å². The lowest BCUT2D eigenvalue weighted by Crippen LogP contribution is -2.14. The largest absolute Gasteiger partial charge is 0.326 e. The van der Waals surface area contributed by atoms with Crippen LogP contribution >= 0.6 is 0 Å². The van der Waals surface area contributed by atoms with Gasteiger partial charge in [-0.2, -0.15) is 5.10 Å². The predicted molar refractivity (Wildman–Crippen MR) is 80.1 cm³/mol. The van der Waals surface area contributed by atoms with Crippen LogP contribution in [0.25, 0.3) is 10.9 Å². The molecule has 0 atom stereocenters. The number of benzene rings is 1. The molecule has 0 aliphatic heterocycles. The molecular formula is C15H14N4O2. The number of hydrogen-bond acceptors (Lipinski definition) is 3. The third kappa shape index (κ3) is 3.00. The third-order valence-electron chi connectivity index (χ3n) is 3.13. The molecule has 0 saturated heterocycles. The Bertz CT molecular complexity index is 863. The summed E-state index contributed by atoms with van der Waals surface area (Å²) in [7, 11) is 1.81. The Morgan fingerprint density at radius 3 is 2.95 bits per heavy atom. The van der Waals surface area contributed by atoms with E-state index in [2.05, 4.69) is 15.4 Å². The molecule has 2 heterocycles. The number of nitrogens with zero attached hydrogens (tertiary/aromatic N) is 2. The highest BCUT2D eigenvalue weighted by Crippen LogP contribution is 2.16. The van der Waals surface area contributed by atoms with Crippen LogP contribution in [0.4, 0.5) is 5.69 Å². The molecule has 6 nitrogen and oxygen atoms in total. The van der Waals surface area contributed by atoms with E-state index in [0.717, 1.165) is 16.5 Å². The molecule has 2 aromatic heterocycles. The van der Waals surface area contributed by atoms with Gasteiger partial charge in [0.1, 0.15) is 0 Å². The molecule has 0 radical (unpaired) electrons. The Labute approximate surface area is 120 Å². The number of aromatic amines is 1. The van der Waals surface area contributed by atoms with Gasteiger partial charge in [-0.05, 0) is 29.8 Å². The zero-order valence-electron chi connectivity index (χ0n) is 11.5. The number of pyridine rings is 1. The molecule has 0 saturated carbocycles. The van der Waals surface area contributed by atoms with Crippen LogP contribution in [0.5, 0.6) is 0 Å². The summed E-state index contributed by atoms with van der Waals surface area (Å²) in [6, 6.07) is 8.55. The number of fused-ring (bicyclic) bond motifs is 1. The number of rotatable bonds is 3. The Kier molecular flexibility index (Phi) is 3.27. The predicted octanol–water partition coefficient (Wildman–Crippen LogP) is 1.44. The number of anilines is 1. The molecule has 3 rings (SSSR count). The molecule has 0 aliphatic carbocycles. The standard InChI is InChI=1S/C15H14N4O2/c1-19-9-10(8-16-19)6-15(21)17-12-3-4-13-11(7-12)2-5-14(20)18-13/h2-5,7-9H,6H2,1H3,(H,17,21)(H,18,20). The molecule has 106 valence electrons. The first-order chi connectivity index (χ1) is 10.1. The molecule has 21 heavy (non-hydrogen) atoms. The minimum absolute atomic E-state index is 0.105. The quantitative estimate of drug-likeness (QED) is 0.763. The fourth-order valence-corrected chi connectivity index (χ4v) is 2.19. The van der Waals surface area contributed by atoms with E-state index in [0.29, 0.717) is 5.69 Å². The smallest absolute Gasteiger partial charge is 0.248 e. The van der Waals surface area contributed by atoms with Crippen LogP contribution < -0.4 is 10.9 Å². The number of nitrogens with one attached hydrogen (secondary N) is 2. The first-order valence-corrected chi connectivity index (χ1v) is 6.51. The van der Waals surface area contributed by atoms with E-state index in [4.69, 9.17) is 0 Å². The molecule has 0 fully saturated rings. The average molecular weight is 282 g/mol. The SMILES string of the molecule is Cn1cc(CC(=O)Nc2ccc3[nH]c(=O)ccc3c2)cn1. The van der Waals surface area contributed by atoms with E-state index < -0.39 is 0 Å². The zero-order valence-corrected chi connectivity index (χ0v) is 11.5. The molecule has 1 aromatic carbocycles. The van der Waals surface area contributed by atoms with Crippen LogP contribution in [-0.2, 0) is 18.3 Å². The highest BCUT2D eigenvalue weighted by atomic mass is 16.1. The second-order valence-electron chi connectivity index (χ2n) is 4.87. The highest BCUT2D eigenvalue weighted by molar-refractivity contribution is 5.94. The van der Waals surface area contributed by atoms with E-state index in [1.807, 2.05) is 19.3 Å². The maximum absolute atomic E-state index is 12.0. The second-order valence-corrected chi connectivity index (χ2v) is 4.87. The summed E-state index contributed by atoms with van der Waals surface area (Å²) in [5.41, 5.74) is 2.16. The van der Waals surface area contributed by atoms with Gasteiger partial charge in [-0.25, -0.2) is 0 Å². The number of aromatic nitrogens is 3. The molecule has 2 N–H and O–H groups in total. The summed E-state index contributed by atoms with van der Waals surface area (Å²) in [5.74, 6) is -0.105. The van der Waals surface area contributed by atoms with Crippen molar-refractivity contribution >= 4 is 22.5 Å². The number of carbonyl (C=O) groups excluding carboxylic acids is 1. The van der Waals surface area contributed by atoms with Crippen molar-refractivity contribution in [3.8, 4) is 0 Å². The van der Waals surface area contributed by atoms with Crippen molar-refractivity contribution in [2.24, 2.45) is 7.05 Å².